The zero-order valence-electron chi connectivity index (χ0n) is 24.8. The normalized spacial score (nSPS) is 11.5. The first-order chi connectivity index (χ1) is 18.6. The smallest absolute Gasteiger partial charge is 0.278 e. The number of ketones is 1. The number of carbonyl (C=O) groups is 1. The molecule has 1 N–H and O–H groups in total. The topological polar surface area (TPSA) is 89.4 Å². The van der Waals surface area contributed by atoms with Gasteiger partial charge < -0.3 is 13.9 Å². The second kappa shape index (κ2) is 15.1. The minimum Gasteiger partial charge on any atom is -0.512 e. The maximum absolute atomic E-state index is 11.7. The summed E-state index contributed by atoms with van der Waals surface area (Å²) in [4.78, 5) is 20.6. The van der Waals surface area contributed by atoms with Crippen molar-refractivity contribution in [2.75, 3.05) is 0 Å². The van der Waals surface area contributed by atoms with Gasteiger partial charge >= 0.3 is 0 Å². The fourth-order valence-corrected chi connectivity index (χ4v) is 4.77. The second-order valence-corrected chi connectivity index (χ2v) is 10.3. The molecular weight excluding hydrogens is 681 g/mol. The van der Waals surface area contributed by atoms with Crippen molar-refractivity contribution in [3.05, 3.63) is 70.5 Å². The van der Waals surface area contributed by atoms with Gasteiger partial charge in [0.2, 0.25) is 5.89 Å². The largest absolute Gasteiger partial charge is 0.512 e. The quantitative estimate of drug-likeness (QED) is 0.105. The Bertz CT molecular complexity index is 1290. The van der Waals surface area contributed by atoms with E-state index in [0.29, 0.717) is 23.2 Å². The van der Waals surface area contributed by atoms with Gasteiger partial charge in [0, 0.05) is 43.6 Å². The van der Waals surface area contributed by atoms with Crippen LogP contribution < -0.4 is 0 Å². The van der Waals surface area contributed by atoms with Crippen LogP contribution >= 0.6 is 0 Å². The van der Waals surface area contributed by atoms with E-state index in [1.165, 1.54) is 17.2 Å². The average molecular weight is 722 g/mol. The van der Waals surface area contributed by atoms with Crippen molar-refractivity contribution in [1.82, 2.24) is 9.97 Å². The molecule has 0 saturated carbocycles. The van der Waals surface area contributed by atoms with Gasteiger partial charge in [0.05, 0.1) is 5.76 Å². The first-order valence-electron chi connectivity index (χ1n) is 13.9. The number of aliphatic hydroxyl groups excluding tert-OH is 1. The van der Waals surface area contributed by atoms with Crippen LogP contribution in [0, 0.1) is 45.6 Å². The SMILES string of the molecule is CCC(CC)C(=O)/C=C(\O)C(CC)CC.Cc1[c-]c(-c2nc3oc(-c4cc(C)cc(C)c4)nc3o2)cc(C)c1.[Ir]. The van der Waals surface area contributed by atoms with Crippen LogP contribution in [0.5, 0.6) is 0 Å². The molecule has 0 bridgehead atoms. The number of rotatable bonds is 9. The summed E-state index contributed by atoms with van der Waals surface area (Å²) in [6.45, 7) is 16.2. The molecule has 0 unspecified atom stereocenters. The number of aromatic nitrogens is 2. The van der Waals surface area contributed by atoms with Gasteiger partial charge in [0.15, 0.2) is 5.78 Å². The minimum atomic E-state index is 0. The first kappa shape index (κ1) is 33.2. The molecule has 2 aromatic heterocycles. The van der Waals surface area contributed by atoms with Crippen molar-refractivity contribution in [3.63, 3.8) is 0 Å². The molecule has 1 radical (unpaired) electrons. The molecule has 2 heterocycles. The number of hydrogen-bond acceptors (Lipinski definition) is 6. The molecule has 0 aliphatic carbocycles. The fourth-order valence-electron chi connectivity index (χ4n) is 4.77. The van der Waals surface area contributed by atoms with E-state index in [4.69, 9.17) is 8.83 Å². The summed E-state index contributed by atoms with van der Waals surface area (Å²) in [6.07, 6.45) is 4.91. The Labute approximate surface area is 251 Å². The molecule has 40 heavy (non-hydrogen) atoms. The Morgan fingerprint density at radius 2 is 1.30 bits per heavy atom. The third-order valence-corrected chi connectivity index (χ3v) is 6.90. The molecule has 4 rings (SSSR count). The van der Waals surface area contributed by atoms with E-state index in [0.717, 1.165) is 47.9 Å². The van der Waals surface area contributed by atoms with Gasteiger partial charge in [-0.05, 0) is 51.7 Å². The maximum atomic E-state index is 11.7. The van der Waals surface area contributed by atoms with Crippen molar-refractivity contribution in [1.29, 1.82) is 0 Å². The molecule has 0 saturated heterocycles. The Morgan fingerprint density at radius 1 is 0.800 bits per heavy atom. The average Bonchev–Trinajstić information content (AvgIpc) is 3.45. The monoisotopic (exact) mass is 722 g/mol. The van der Waals surface area contributed by atoms with Crippen LogP contribution in [0.25, 0.3) is 34.3 Å². The Morgan fingerprint density at radius 3 is 1.82 bits per heavy atom. The summed E-state index contributed by atoms with van der Waals surface area (Å²) in [5, 5.41) is 9.76. The summed E-state index contributed by atoms with van der Waals surface area (Å²) < 4.78 is 11.6. The van der Waals surface area contributed by atoms with E-state index in [1.54, 1.807) is 0 Å². The molecule has 0 aliphatic rings. The van der Waals surface area contributed by atoms with Crippen molar-refractivity contribution in [3.8, 4) is 22.9 Å². The number of hydrogen-bond donors (Lipinski definition) is 1. The van der Waals surface area contributed by atoms with Crippen molar-refractivity contribution >= 4 is 17.2 Å². The summed E-state index contributed by atoms with van der Waals surface area (Å²) in [7, 11) is 0. The number of aliphatic hydroxyl groups is 1. The van der Waals surface area contributed by atoms with Crippen LogP contribution in [0.2, 0.25) is 0 Å². The number of nitrogens with zero attached hydrogens (tertiary/aromatic N) is 2. The zero-order valence-corrected chi connectivity index (χ0v) is 27.2. The van der Waals surface area contributed by atoms with Crippen LogP contribution in [0.1, 0.15) is 75.6 Å². The number of carbonyl (C=O) groups excluding carboxylic acids is 1. The molecule has 217 valence electrons. The van der Waals surface area contributed by atoms with Crippen LogP contribution in [0.3, 0.4) is 0 Å². The summed E-state index contributed by atoms with van der Waals surface area (Å²) in [5.41, 5.74) is 7.08. The van der Waals surface area contributed by atoms with Crippen molar-refractivity contribution in [2.24, 2.45) is 11.8 Å². The molecule has 0 atom stereocenters. The summed E-state index contributed by atoms with van der Waals surface area (Å²) in [5.74, 6) is 1.56. The van der Waals surface area contributed by atoms with Gasteiger partial charge in [0.1, 0.15) is 5.89 Å². The Balaban J connectivity index is 0.000000307. The molecule has 0 fully saturated rings. The predicted molar refractivity (Wildman–Crippen MR) is 157 cm³/mol. The van der Waals surface area contributed by atoms with Gasteiger partial charge in [-0.2, -0.15) is 4.98 Å². The van der Waals surface area contributed by atoms with Crippen molar-refractivity contribution < 1.29 is 38.8 Å². The van der Waals surface area contributed by atoms with Crippen molar-refractivity contribution in [2.45, 2.75) is 81.1 Å². The number of allylic oxidation sites excluding steroid dienone is 2. The molecule has 7 heteroatoms. The van der Waals surface area contributed by atoms with Crippen LogP contribution in [-0.4, -0.2) is 20.9 Å². The zero-order chi connectivity index (χ0) is 28.7. The molecule has 6 nitrogen and oxygen atoms in total. The van der Waals surface area contributed by atoms with Crippen LogP contribution in [0.15, 0.2) is 51.0 Å². The Kier molecular flexibility index (Phi) is 12.5. The number of oxazole rings is 2. The van der Waals surface area contributed by atoms with Gasteiger partial charge in [-0.1, -0.05) is 64.3 Å². The van der Waals surface area contributed by atoms with E-state index in [-0.39, 0.29) is 43.5 Å². The molecule has 2 aromatic carbocycles. The van der Waals surface area contributed by atoms with Gasteiger partial charge in [-0.15, -0.1) is 29.3 Å². The van der Waals surface area contributed by atoms with Crippen LogP contribution in [-0.2, 0) is 24.9 Å². The molecular formula is C33H41IrN2O4-. The third-order valence-electron chi connectivity index (χ3n) is 6.90. The van der Waals surface area contributed by atoms with Gasteiger partial charge in [-0.3, -0.25) is 4.79 Å². The van der Waals surface area contributed by atoms with E-state index in [1.807, 2.05) is 59.7 Å². The summed E-state index contributed by atoms with van der Waals surface area (Å²) in [6, 6.07) is 13.5. The summed E-state index contributed by atoms with van der Waals surface area (Å²) >= 11 is 0. The van der Waals surface area contributed by atoms with Gasteiger partial charge in [-0.25, -0.2) is 4.98 Å². The minimum absolute atomic E-state index is 0. The maximum Gasteiger partial charge on any atom is 0.278 e. The molecule has 4 aromatic rings. The predicted octanol–water partition coefficient (Wildman–Crippen LogP) is 9.05. The molecule has 0 amide bonds. The number of fused-ring (bicyclic) bond motifs is 1. The van der Waals surface area contributed by atoms with Gasteiger partial charge in [0.25, 0.3) is 11.4 Å². The number of aryl methyl sites for hydroxylation is 4. The standard InChI is InChI=1S/C20H17N2O2.C13H24O2.Ir/c1-11-5-12(2)8-15(7-11)17-21-19-20(23-17)22-18(24-19)16-9-13(3)6-14(4)10-16;1-5-10(6-2)12(14)9-13(15)11(7-3)8-4;/h5-9H,1-4H3;9-11,14H,5-8H2,1-4H3;/q-1;;/b;12-9-;. The number of benzene rings is 2. The first-order valence-corrected chi connectivity index (χ1v) is 13.9. The molecule has 0 spiro atoms. The second-order valence-electron chi connectivity index (χ2n) is 10.3. The molecule has 0 aliphatic heterocycles. The van der Waals surface area contributed by atoms with E-state index in [2.05, 4.69) is 42.0 Å². The Hall–Kier alpha value is -3.02. The fraction of sp³-hybridized carbons (Fsp3) is 0.424. The van der Waals surface area contributed by atoms with E-state index >= 15 is 0 Å². The third kappa shape index (κ3) is 8.49. The van der Waals surface area contributed by atoms with Crippen LogP contribution in [0.4, 0.5) is 0 Å². The van der Waals surface area contributed by atoms with E-state index < -0.39 is 0 Å². The van der Waals surface area contributed by atoms with E-state index in [9.17, 15) is 9.90 Å².